The van der Waals surface area contributed by atoms with Gasteiger partial charge in [0.25, 0.3) is 11.6 Å². The minimum atomic E-state index is -0.641. The minimum Gasteiger partial charge on any atom is -0.326 e. The molecular weight excluding hydrogens is 362 g/mol. The van der Waals surface area contributed by atoms with Crippen LogP contribution >= 0.6 is 11.6 Å². The second-order valence-electron chi connectivity index (χ2n) is 5.15. The molecule has 0 saturated carbocycles. The van der Waals surface area contributed by atoms with Gasteiger partial charge in [-0.05, 0) is 31.2 Å². The largest absolute Gasteiger partial charge is 0.326 e. The summed E-state index contributed by atoms with van der Waals surface area (Å²) in [6, 6.07) is 8.80. The van der Waals surface area contributed by atoms with Crippen LogP contribution < -0.4 is 10.7 Å². The van der Waals surface area contributed by atoms with Crippen LogP contribution in [0.4, 0.5) is 11.4 Å². The molecular formula is C16H14ClN5O4. The highest BCUT2D eigenvalue weighted by atomic mass is 35.5. The number of benzene rings is 1. The highest BCUT2D eigenvalue weighted by molar-refractivity contribution is 6.32. The van der Waals surface area contributed by atoms with E-state index in [9.17, 15) is 19.7 Å². The van der Waals surface area contributed by atoms with Crippen LogP contribution in [-0.2, 0) is 4.79 Å². The van der Waals surface area contributed by atoms with E-state index in [2.05, 4.69) is 20.8 Å². The van der Waals surface area contributed by atoms with E-state index >= 15 is 0 Å². The number of carbonyl (C=O) groups is 2. The monoisotopic (exact) mass is 375 g/mol. The number of pyridine rings is 1. The number of hydrazone groups is 1. The number of nitro benzene ring substituents is 1. The molecule has 0 aliphatic heterocycles. The van der Waals surface area contributed by atoms with Crippen molar-refractivity contribution in [2.75, 3.05) is 5.32 Å². The number of aromatic nitrogens is 1. The number of amides is 2. The number of anilines is 1. The third kappa shape index (κ3) is 5.35. The summed E-state index contributed by atoms with van der Waals surface area (Å²) in [6.45, 7) is 1.56. The fourth-order valence-electron chi connectivity index (χ4n) is 1.91. The van der Waals surface area contributed by atoms with Crippen molar-refractivity contribution in [3.05, 3.63) is 63.4 Å². The maximum absolute atomic E-state index is 12.0. The topological polar surface area (TPSA) is 127 Å². The van der Waals surface area contributed by atoms with Gasteiger partial charge in [0.1, 0.15) is 10.7 Å². The molecule has 2 amide bonds. The molecule has 1 aromatic carbocycles. The maximum Gasteiger partial charge on any atom is 0.289 e. The first-order valence-electron chi connectivity index (χ1n) is 7.35. The minimum absolute atomic E-state index is 0.0250. The number of nitrogens with zero attached hydrogens (tertiary/aromatic N) is 3. The molecule has 1 heterocycles. The lowest BCUT2D eigenvalue weighted by Crippen LogP contribution is -2.22. The van der Waals surface area contributed by atoms with E-state index in [1.54, 1.807) is 19.1 Å². The van der Waals surface area contributed by atoms with Crippen molar-refractivity contribution < 1.29 is 14.5 Å². The maximum atomic E-state index is 12.0. The second kappa shape index (κ2) is 8.67. The van der Waals surface area contributed by atoms with E-state index in [0.717, 1.165) is 6.07 Å². The quantitative estimate of drug-likeness (QED) is 0.456. The molecule has 0 aliphatic carbocycles. The molecule has 2 N–H and O–H groups in total. The zero-order valence-corrected chi connectivity index (χ0v) is 14.4. The van der Waals surface area contributed by atoms with Crippen LogP contribution in [0.25, 0.3) is 0 Å². The summed E-state index contributed by atoms with van der Waals surface area (Å²) in [5, 5.41) is 17.2. The summed E-state index contributed by atoms with van der Waals surface area (Å²) in [7, 11) is 0. The Morgan fingerprint density at radius 3 is 2.73 bits per heavy atom. The van der Waals surface area contributed by atoms with Crippen molar-refractivity contribution in [2.45, 2.75) is 13.3 Å². The van der Waals surface area contributed by atoms with Crippen molar-refractivity contribution in [2.24, 2.45) is 5.10 Å². The normalized spacial score (nSPS) is 10.9. The number of hydrogen-bond acceptors (Lipinski definition) is 6. The van der Waals surface area contributed by atoms with Crippen LogP contribution in [0.15, 0.2) is 47.7 Å². The number of halogens is 1. The molecule has 0 atom stereocenters. The average molecular weight is 376 g/mol. The standard InChI is InChI=1S/C16H14ClN5O4/c1-10(20-21-16(24)13-4-2-3-7-18-13)8-15(23)19-11-5-6-12(17)14(9-11)22(25)26/h2-7,9H,8H2,1H3,(H,19,23)(H,21,24)/b20-10-. The lowest BCUT2D eigenvalue weighted by molar-refractivity contribution is -0.384. The molecule has 0 aliphatic rings. The fraction of sp³-hybridized carbons (Fsp3) is 0.125. The molecule has 2 rings (SSSR count). The van der Waals surface area contributed by atoms with Crippen LogP contribution in [0.3, 0.4) is 0 Å². The molecule has 9 nitrogen and oxygen atoms in total. The van der Waals surface area contributed by atoms with Crippen molar-refractivity contribution in [1.29, 1.82) is 0 Å². The molecule has 0 saturated heterocycles. The second-order valence-corrected chi connectivity index (χ2v) is 5.56. The van der Waals surface area contributed by atoms with Gasteiger partial charge in [-0.15, -0.1) is 0 Å². The van der Waals surface area contributed by atoms with Gasteiger partial charge in [-0.1, -0.05) is 17.7 Å². The van der Waals surface area contributed by atoms with Crippen LogP contribution in [0.2, 0.25) is 5.02 Å². The Labute approximate surface area is 153 Å². The Kier molecular flexibility index (Phi) is 6.34. The first kappa shape index (κ1) is 19.0. The van der Waals surface area contributed by atoms with Gasteiger partial charge in [-0.25, -0.2) is 5.43 Å². The molecule has 10 heteroatoms. The molecule has 2 aromatic rings. The zero-order valence-electron chi connectivity index (χ0n) is 13.6. The van der Waals surface area contributed by atoms with Crippen LogP contribution in [-0.4, -0.2) is 27.4 Å². The molecule has 26 heavy (non-hydrogen) atoms. The highest BCUT2D eigenvalue weighted by Crippen LogP contribution is 2.27. The molecule has 0 radical (unpaired) electrons. The van der Waals surface area contributed by atoms with E-state index in [4.69, 9.17) is 11.6 Å². The first-order chi connectivity index (χ1) is 12.4. The Balaban J connectivity index is 1.94. The van der Waals surface area contributed by atoms with E-state index in [0.29, 0.717) is 5.71 Å². The number of hydrogen-bond donors (Lipinski definition) is 2. The van der Waals surface area contributed by atoms with Gasteiger partial charge < -0.3 is 5.32 Å². The summed E-state index contributed by atoms with van der Waals surface area (Å²) >= 11 is 5.71. The number of carbonyl (C=O) groups excluding carboxylic acids is 2. The lowest BCUT2D eigenvalue weighted by atomic mass is 10.2. The first-order valence-corrected chi connectivity index (χ1v) is 7.73. The number of rotatable bonds is 6. The van der Waals surface area contributed by atoms with Crippen molar-refractivity contribution >= 4 is 40.5 Å². The van der Waals surface area contributed by atoms with Gasteiger partial charge in [0.15, 0.2) is 0 Å². The van der Waals surface area contributed by atoms with Crippen molar-refractivity contribution in [3.8, 4) is 0 Å². The number of nitro groups is 1. The van der Waals surface area contributed by atoms with Gasteiger partial charge in [0, 0.05) is 23.7 Å². The van der Waals surface area contributed by atoms with E-state index in [1.807, 2.05) is 0 Å². The molecule has 0 unspecified atom stereocenters. The summed E-state index contributed by atoms with van der Waals surface area (Å²) in [6.07, 6.45) is 1.36. The average Bonchev–Trinajstić information content (AvgIpc) is 2.61. The molecule has 0 fully saturated rings. The summed E-state index contributed by atoms with van der Waals surface area (Å²) < 4.78 is 0. The van der Waals surface area contributed by atoms with E-state index in [-0.39, 0.29) is 28.5 Å². The number of nitrogens with one attached hydrogen (secondary N) is 2. The van der Waals surface area contributed by atoms with Gasteiger partial charge in [-0.2, -0.15) is 5.10 Å². The summed E-state index contributed by atoms with van der Waals surface area (Å²) in [5.74, 6) is -0.950. The Hall–Kier alpha value is -3.33. The smallest absolute Gasteiger partial charge is 0.289 e. The van der Waals surface area contributed by atoms with Gasteiger partial charge in [-0.3, -0.25) is 24.7 Å². The van der Waals surface area contributed by atoms with E-state index < -0.39 is 16.7 Å². The third-order valence-electron chi connectivity index (χ3n) is 3.09. The van der Waals surface area contributed by atoms with Crippen molar-refractivity contribution in [3.63, 3.8) is 0 Å². The predicted molar refractivity (Wildman–Crippen MR) is 96.2 cm³/mol. The van der Waals surface area contributed by atoms with Gasteiger partial charge in [0.05, 0.1) is 11.3 Å². The van der Waals surface area contributed by atoms with Gasteiger partial charge in [0.2, 0.25) is 5.91 Å². The summed E-state index contributed by atoms with van der Waals surface area (Å²) in [4.78, 5) is 37.9. The van der Waals surface area contributed by atoms with Gasteiger partial charge >= 0.3 is 0 Å². The lowest BCUT2D eigenvalue weighted by Gasteiger charge is -2.06. The Morgan fingerprint density at radius 2 is 2.08 bits per heavy atom. The predicted octanol–water partition coefficient (Wildman–Crippen LogP) is 2.78. The van der Waals surface area contributed by atoms with Crippen LogP contribution in [0.5, 0.6) is 0 Å². The highest BCUT2D eigenvalue weighted by Gasteiger charge is 2.14. The SMILES string of the molecule is C/C(CC(=O)Nc1ccc(Cl)c([N+](=O)[O-])c1)=N/NC(=O)c1ccccn1. The van der Waals surface area contributed by atoms with E-state index in [1.165, 1.54) is 24.4 Å². The van der Waals surface area contributed by atoms with Crippen LogP contribution in [0, 0.1) is 10.1 Å². The fourth-order valence-corrected chi connectivity index (χ4v) is 2.09. The Morgan fingerprint density at radius 1 is 1.31 bits per heavy atom. The summed E-state index contributed by atoms with van der Waals surface area (Å²) in [5.41, 5.74) is 2.76. The zero-order chi connectivity index (χ0) is 19.1. The van der Waals surface area contributed by atoms with Crippen LogP contribution in [0.1, 0.15) is 23.8 Å². The molecule has 134 valence electrons. The molecule has 0 spiro atoms. The Bertz CT molecular complexity index is 870. The third-order valence-corrected chi connectivity index (χ3v) is 3.41. The molecule has 0 bridgehead atoms. The van der Waals surface area contributed by atoms with Crippen molar-refractivity contribution in [1.82, 2.24) is 10.4 Å². The molecule has 1 aromatic heterocycles.